The van der Waals surface area contributed by atoms with Crippen LogP contribution in [0.3, 0.4) is 0 Å². The Morgan fingerprint density at radius 1 is 1.10 bits per heavy atom. The fourth-order valence-corrected chi connectivity index (χ4v) is 3.69. The van der Waals surface area contributed by atoms with Crippen molar-refractivity contribution >= 4 is 29.9 Å². The van der Waals surface area contributed by atoms with E-state index in [4.69, 9.17) is 5.73 Å². The molecule has 2 heterocycles. The van der Waals surface area contributed by atoms with E-state index in [1.165, 1.54) is 45.3 Å². The van der Waals surface area contributed by atoms with E-state index in [-0.39, 0.29) is 24.0 Å². The summed E-state index contributed by atoms with van der Waals surface area (Å²) in [5.41, 5.74) is 6.07. The van der Waals surface area contributed by atoms with Crippen molar-refractivity contribution in [2.45, 2.75) is 46.0 Å². The Labute approximate surface area is 147 Å². The highest BCUT2D eigenvalue weighted by atomic mass is 127. The molecule has 2 rings (SSSR count). The summed E-state index contributed by atoms with van der Waals surface area (Å²) in [4.78, 5) is 9.41. The molecule has 0 radical (unpaired) electrons. The molecule has 2 aliphatic heterocycles. The molecule has 124 valence electrons. The Morgan fingerprint density at radius 2 is 1.71 bits per heavy atom. The van der Waals surface area contributed by atoms with Gasteiger partial charge in [-0.2, -0.15) is 0 Å². The Balaban J connectivity index is 0.00000220. The average molecular weight is 408 g/mol. The molecule has 2 fully saturated rings. The second-order valence-electron chi connectivity index (χ2n) is 6.85. The van der Waals surface area contributed by atoms with Crippen molar-refractivity contribution in [2.24, 2.45) is 22.6 Å². The topological polar surface area (TPSA) is 44.9 Å². The van der Waals surface area contributed by atoms with Crippen LogP contribution in [0.1, 0.15) is 46.0 Å². The zero-order valence-electron chi connectivity index (χ0n) is 13.8. The normalized spacial score (nSPS) is 28.3. The van der Waals surface area contributed by atoms with Crippen molar-refractivity contribution in [3.63, 3.8) is 0 Å². The van der Waals surface area contributed by atoms with Crippen LogP contribution < -0.4 is 5.73 Å². The molecular weight excluding hydrogens is 375 g/mol. The Kier molecular flexibility index (Phi) is 8.94. The quantitative estimate of drug-likeness (QED) is 0.337. The van der Waals surface area contributed by atoms with Crippen LogP contribution in [0.15, 0.2) is 4.99 Å². The molecule has 0 spiro atoms. The molecule has 2 saturated heterocycles. The van der Waals surface area contributed by atoms with E-state index in [9.17, 15) is 0 Å². The van der Waals surface area contributed by atoms with E-state index in [1.54, 1.807) is 0 Å². The van der Waals surface area contributed by atoms with Gasteiger partial charge in [0.05, 0.1) is 0 Å². The van der Waals surface area contributed by atoms with E-state index in [2.05, 4.69) is 28.6 Å². The number of likely N-dealkylation sites (tertiary alicyclic amines) is 2. The molecule has 5 heteroatoms. The molecular formula is C16H33IN4. The number of hydrogen-bond acceptors (Lipinski definition) is 2. The van der Waals surface area contributed by atoms with Gasteiger partial charge in [-0.15, -0.1) is 24.0 Å². The molecule has 2 atom stereocenters. The van der Waals surface area contributed by atoms with Gasteiger partial charge in [0, 0.05) is 32.7 Å². The smallest absolute Gasteiger partial charge is 0.191 e. The van der Waals surface area contributed by atoms with Crippen LogP contribution in [0, 0.1) is 11.8 Å². The third-order valence-corrected chi connectivity index (χ3v) is 4.53. The van der Waals surface area contributed by atoms with Crippen LogP contribution in [-0.2, 0) is 0 Å². The molecule has 2 N–H and O–H groups in total. The first-order valence-electron chi connectivity index (χ1n) is 8.42. The molecule has 0 bridgehead atoms. The minimum absolute atomic E-state index is 0. The highest BCUT2D eigenvalue weighted by Crippen LogP contribution is 2.20. The third-order valence-electron chi connectivity index (χ3n) is 4.53. The number of halogens is 1. The molecule has 0 aliphatic carbocycles. The van der Waals surface area contributed by atoms with Crippen LogP contribution in [0.25, 0.3) is 0 Å². The Morgan fingerprint density at radius 3 is 2.33 bits per heavy atom. The van der Waals surface area contributed by atoms with Crippen molar-refractivity contribution in [2.75, 3.05) is 39.3 Å². The lowest BCUT2D eigenvalue weighted by Gasteiger charge is -2.34. The van der Waals surface area contributed by atoms with Gasteiger partial charge in [-0.25, -0.2) is 0 Å². The standard InChI is InChI=1S/C16H32N4.HI/c1-14-11-15(2)13-19(12-14)8-6-7-18-16(17)20-9-4-3-5-10-20;/h14-15H,3-13H2,1-2H3,(H2,17,18);1H. The summed E-state index contributed by atoms with van der Waals surface area (Å²) in [6, 6.07) is 0. The van der Waals surface area contributed by atoms with Gasteiger partial charge in [-0.1, -0.05) is 13.8 Å². The molecule has 0 saturated carbocycles. The number of nitrogens with zero attached hydrogens (tertiary/aromatic N) is 3. The Bertz CT molecular complexity index is 305. The molecule has 0 aromatic carbocycles. The minimum atomic E-state index is 0. The minimum Gasteiger partial charge on any atom is -0.370 e. The third kappa shape index (κ3) is 6.72. The first-order valence-corrected chi connectivity index (χ1v) is 8.42. The van der Waals surface area contributed by atoms with Gasteiger partial charge in [0.25, 0.3) is 0 Å². The van der Waals surface area contributed by atoms with Crippen LogP contribution in [0.4, 0.5) is 0 Å². The van der Waals surface area contributed by atoms with Gasteiger partial charge < -0.3 is 15.5 Å². The number of hydrogen-bond donors (Lipinski definition) is 1. The van der Waals surface area contributed by atoms with E-state index >= 15 is 0 Å². The molecule has 2 unspecified atom stereocenters. The first-order chi connectivity index (χ1) is 9.65. The molecule has 0 aromatic rings. The monoisotopic (exact) mass is 408 g/mol. The van der Waals surface area contributed by atoms with E-state index in [0.29, 0.717) is 0 Å². The van der Waals surface area contributed by atoms with E-state index in [1.807, 2.05) is 0 Å². The van der Waals surface area contributed by atoms with Gasteiger partial charge >= 0.3 is 0 Å². The van der Waals surface area contributed by atoms with Gasteiger partial charge in [0.2, 0.25) is 0 Å². The van der Waals surface area contributed by atoms with Crippen LogP contribution >= 0.6 is 24.0 Å². The lowest BCUT2D eigenvalue weighted by molar-refractivity contribution is 0.140. The number of piperidine rings is 2. The van der Waals surface area contributed by atoms with Crippen LogP contribution in [0.2, 0.25) is 0 Å². The summed E-state index contributed by atoms with van der Waals surface area (Å²) in [6.45, 7) is 11.5. The molecule has 4 nitrogen and oxygen atoms in total. The van der Waals surface area contributed by atoms with E-state index < -0.39 is 0 Å². The molecule has 0 aromatic heterocycles. The van der Waals surface area contributed by atoms with Gasteiger partial charge in [-0.3, -0.25) is 4.99 Å². The number of guanidine groups is 1. The van der Waals surface area contributed by atoms with Gasteiger partial charge in [0.1, 0.15) is 0 Å². The van der Waals surface area contributed by atoms with Crippen molar-refractivity contribution in [1.29, 1.82) is 0 Å². The summed E-state index contributed by atoms with van der Waals surface area (Å²) >= 11 is 0. The zero-order valence-corrected chi connectivity index (χ0v) is 16.1. The summed E-state index contributed by atoms with van der Waals surface area (Å²) in [6.07, 6.45) is 6.39. The summed E-state index contributed by atoms with van der Waals surface area (Å²) in [5, 5.41) is 0. The van der Waals surface area contributed by atoms with Crippen molar-refractivity contribution < 1.29 is 0 Å². The maximum Gasteiger partial charge on any atom is 0.191 e. The van der Waals surface area contributed by atoms with Crippen molar-refractivity contribution in [1.82, 2.24) is 9.80 Å². The number of nitrogens with two attached hydrogens (primary N) is 1. The summed E-state index contributed by atoms with van der Waals surface area (Å²) in [5.74, 6) is 2.46. The largest absolute Gasteiger partial charge is 0.370 e. The molecule has 21 heavy (non-hydrogen) atoms. The maximum absolute atomic E-state index is 6.07. The second-order valence-corrected chi connectivity index (χ2v) is 6.85. The van der Waals surface area contributed by atoms with Crippen LogP contribution in [-0.4, -0.2) is 55.0 Å². The SMILES string of the molecule is CC1CC(C)CN(CCCN=C(N)N2CCCCC2)C1.I. The average Bonchev–Trinajstić information content (AvgIpc) is 2.43. The van der Waals surface area contributed by atoms with Crippen molar-refractivity contribution in [3.8, 4) is 0 Å². The highest BCUT2D eigenvalue weighted by Gasteiger charge is 2.21. The second kappa shape index (κ2) is 9.87. The van der Waals surface area contributed by atoms with Crippen molar-refractivity contribution in [3.05, 3.63) is 0 Å². The predicted octanol–water partition coefficient (Wildman–Crippen LogP) is 2.77. The lowest BCUT2D eigenvalue weighted by Crippen LogP contribution is -2.41. The van der Waals surface area contributed by atoms with Crippen LogP contribution in [0.5, 0.6) is 0 Å². The first kappa shape index (κ1) is 19.0. The molecule has 0 amide bonds. The number of aliphatic imine (C=N–C) groups is 1. The zero-order chi connectivity index (χ0) is 14.4. The molecule has 2 aliphatic rings. The maximum atomic E-state index is 6.07. The highest BCUT2D eigenvalue weighted by molar-refractivity contribution is 14.0. The fourth-order valence-electron chi connectivity index (χ4n) is 3.69. The summed E-state index contributed by atoms with van der Waals surface area (Å²) < 4.78 is 0. The number of rotatable bonds is 4. The summed E-state index contributed by atoms with van der Waals surface area (Å²) in [7, 11) is 0. The lowest BCUT2D eigenvalue weighted by atomic mass is 9.92. The Hall–Kier alpha value is -0.0400. The van der Waals surface area contributed by atoms with Gasteiger partial charge in [-0.05, 0) is 50.5 Å². The van der Waals surface area contributed by atoms with E-state index in [0.717, 1.165) is 43.9 Å². The van der Waals surface area contributed by atoms with Gasteiger partial charge in [0.15, 0.2) is 5.96 Å². The predicted molar refractivity (Wildman–Crippen MR) is 101 cm³/mol. The fraction of sp³-hybridized carbons (Fsp3) is 0.938.